The monoisotopic (exact) mass is 192 g/mol. The van der Waals surface area contributed by atoms with Crippen LogP contribution in [0.1, 0.15) is 24.8 Å². The number of aryl methyl sites for hydroxylation is 1. The van der Waals surface area contributed by atoms with E-state index in [0.29, 0.717) is 13.1 Å². The fraction of sp³-hybridized carbons (Fsp3) is 0.417. The Bertz CT molecular complexity index is 244. The second-order valence-corrected chi connectivity index (χ2v) is 3.26. The van der Waals surface area contributed by atoms with E-state index in [1.165, 1.54) is 5.56 Å². The minimum atomic E-state index is 0.511. The van der Waals surface area contributed by atoms with Gasteiger partial charge in [-0.3, -0.25) is 4.79 Å². The summed E-state index contributed by atoms with van der Waals surface area (Å²) in [5.74, 6) is 0. The van der Waals surface area contributed by atoms with Crippen molar-refractivity contribution >= 4 is 6.47 Å². The highest BCUT2D eigenvalue weighted by molar-refractivity contribution is 5.36. The molecule has 0 aromatic heterocycles. The van der Waals surface area contributed by atoms with Crippen LogP contribution in [0, 0.1) is 0 Å². The van der Waals surface area contributed by atoms with Gasteiger partial charge in [-0.05, 0) is 31.2 Å². The van der Waals surface area contributed by atoms with Gasteiger partial charge < -0.3 is 4.74 Å². The van der Waals surface area contributed by atoms with Crippen molar-refractivity contribution in [2.75, 3.05) is 6.61 Å². The first kappa shape index (κ1) is 10.8. The smallest absolute Gasteiger partial charge is 0.293 e. The number of carbonyl (C=O) groups excluding carboxylic acids is 1. The quantitative estimate of drug-likeness (QED) is 0.490. The summed E-state index contributed by atoms with van der Waals surface area (Å²) < 4.78 is 4.61. The number of carbonyl (C=O) groups is 1. The molecule has 0 aliphatic rings. The predicted octanol–water partition coefficient (Wildman–Crippen LogP) is 2.57. The maximum atomic E-state index is 9.84. The van der Waals surface area contributed by atoms with Gasteiger partial charge in [0.05, 0.1) is 6.61 Å². The molecule has 1 aromatic rings. The molecule has 0 heterocycles. The highest BCUT2D eigenvalue weighted by Gasteiger charge is 1.92. The van der Waals surface area contributed by atoms with Crippen molar-refractivity contribution in [3.05, 3.63) is 35.9 Å². The van der Waals surface area contributed by atoms with E-state index in [9.17, 15) is 4.79 Å². The van der Waals surface area contributed by atoms with E-state index in [0.717, 1.165) is 25.7 Å². The van der Waals surface area contributed by atoms with Crippen LogP contribution in [-0.2, 0) is 16.0 Å². The summed E-state index contributed by atoms with van der Waals surface area (Å²) in [5.41, 5.74) is 1.38. The van der Waals surface area contributed by atoms with Gasteiger partial charge in [-0.1, -0.05) is 30.3 Å². The third kappa shape index (κ3) is 4.65. The largest absolute Gasteiger partial charge is 0.468 e. The van der Waals surface area contributed by atoms with Gasteiger partial charge >= 0.3 is 0 Å². The average Bonchev–Trinajstić information content (AvgIpc) is 2.25. The van der Waals surface area contributed by atoms with E-state index in [-0.39, 0.29) is 0 Å². The third-order valence-corrected chi connectivity index (χ3v) is 2.14. The van der Waals surface area contributed by atoms with Crippen LogP contribution >= 0.6 is 0 Å². The fourth-order valence-corrected chi connectivity index (χ4v) is 1.38. The molecule has 0 N–H and O–H groups in total. The molecule has 0 aliphatic heterocycles. The van der Waals surface area contributed by atoms with Gasteiger partial charge in [0.2, 0.25) is 0 Å². The third-order valence-electron chi connectivity index (χ3n) is 2.14. The Morgan fingerprint density at radius 3 is 2.57 bits per heavy atom. The minimum Gasteiger partial charge on any atom is -0.468 e. The van der Waals surface area contributed by atoms with Gasteiger partial charge in [0.15, 0.2) is 0 Å². The second kappa shape index (κ2) is 7.13. The second-order valence-electron chi connectivity index (χ2n) is 3.26. The summed E-state index contributed by atoms with van der Waals surface area (Å²) in [6.07, 6.45) is 4.35. The normalized spacial score (nSPS) is 9.71. The Kier molecular flexibility index (Phi) is 5.48. The van der Waals surface area contributed by atoms with Gasteiger partial charge in [0.1, 0.15) is 0 Å². The van der Waals surface area contributed by atoms with Gasteiger partial charge in [-0.15, -0.1) is 0 Å². The van der Waals surface area contributed by atoms with Crippen molar-refractivity contribution in [1.29, 1.82) is 0 Å². The zero-order chi connectivity index (χ0) is 10.1. The standard InChI is InChI=1S/C12H16O2/c13-11-14-10-6-2-5-9-12-7-3-1-4-8-12/h1,3-4,7-8,11H,2,5-6,9-10H2. The SMILES string of the molecule is O=COCCCCCc1ccccc1. The molecule has 2 nitrogen and oxygen atoms in total. The van der Waals surface area contributed by atoms with Crippen molar-refractivity contribution < 1.29 is 9.53 Å². The lowest BCUT2D eigenvalue weighted by atomic mass is 10.1. The summed E-state index contributed by atoms with van der Waals surface area (Å²) in [6.45, 7) is 1.06. The average molecular weight is 192 g/mol. The summed E-state index contributed by atoms with van der Waals surface area (Å²) in [7, 11) is 0. The topological polar surface area (TPSA) is 26.3 Å². The Morgan fingerprint density at radius 2 is 1.86 bits per heavy atom. The zero-order valence-corrected chi connectivity index (χ0v) is 8.32. The first-order valence-electron chi connectivity index (χ1n) is 5.02. The van der Waals surface area contributed by atoms with Crippen molar-refractivity contribution in [2.24, 2.45) is 0 Å². The molecule has 0 unspecified atom stereocenters. The van der Waals surface area contributed by atoms with Gasteiger partial charge in [0.25, 0.3) is 6.47 Å². The lowest BCUT2D eigenvalue weighted by Crippen LogP contribution is -1.92. The number of hydrogen-bond acceptors (Lipinski definition) is 2. The van der Waals surface area contributed by atoms with E-state index in [4.69, 9.17) is 0 Å². The maximum Gasteiger partial charge on any atom is 0.293 e. The maximum absolute atomic E-state index is 9.84. The molecule has 0 fully saturated rings. The number of ether oxygens (including phenoxy) is 1. The predicted molar refractivity (Wildman–Crippen MR) is 56.0 cm³/mol. The van der Waals surface area contributed by atoms with Crippen molar-refractivity contribution in [1.82, 2.24) is 0 Å². The number of unbranched alkanes of at least 4 members (excludes halogenated alkanes) is 2. The molecule has 76 valence electrons. The number of hydrogen-bond donors (Lipinski definition) is 0. The Balaban J connectivity index is 2.02. The van der Waals surface area contributed by atoms with Crippen molar-refractivity contribution in [3.63, 3.8) is 0 Å². The van der Waals surface area contributed by atoms with E-state index < -0.39 is 0 Å². The molecule has 0 saturated heterocycles. The number of rotatable bonds is 7. The molecule has 2 heteroatoms. The Hall–Kier alpha value is -1.31. The molecule has 0 saturated carbocycles. The molecule has 0 amide bonds. The van der Waals surface area contributed by atoms with Crippen LogP contribution in [0.4, 0.5) is 0 Å². The molecular formula is C12H16O2. The minimum absolute atomic E-state index is 0.511. The molecule has 0 bridgehead atoms. The molecule has 0 aliphatic carbocycles. The van der Waals surface area contributed by atoms with Crippen LogP contribution in [-0.4, -0.2) is 13.1 Å². The van der Waals surface area contributed by atoms with Crippen molar-refractivity contribution in [2.45, 2.75) is 25.7 Å². The van der Waals surface area contributed by atoms with Crippen LogP contribution in [0.15, 0.2) is 30.3 Å². The molecule has 1 aromatic carbocycles. The lowest BCUT2D eigenvalue weighted by molar-refractivity contribution is -0.128. The Labute approximate surface area is 84.9 Å². The van der Waals surface area contributed by atoms with Crippen LogP contribution in [0.5, 0.6) is 0 Å². The van der Waals surface area contributed by atoms with Crippen LogP contribution < -0.4 is 0 Å². The molecule has 0 radical (unpaired) electrons. The number of benzene rings is 1. The molecule has 0 atom stereocenters. The van der Waals surface area contributed by atoms with Crippen LogP contribution in [0.25, 0.3) is 0 Å². The molecule has 14 heavy (non-hydrogen) atoms. The molecule has 0 spiro atoms. The van der Waals surface area contributed by atoms with E-state index in [1.807, 2.05) is 6.07 Å². The summed E-state index contributed by atoms with van der Waals surface area (Å²) in [4.78, 5) is 9.84. The summed E-state index contributed by atoms with van der Waals surface area (Å²) in [5, 5.41) is 0. The first-order chi connectivity index (χ1) is 6.93. The van der Waals surface area contributed by atoms with E-state index in [2.05, 4.69) is 29.0 Å². The first-order valence-corrected chi connectivity index (χ1v) is 5.02. The fourth-order valence-electron chi connectivity index (χ4n) is 1.38. The van der Waals surface area contributed by atoms with Crippen molar-refractivity contribution in [3.8, 4) is 0 Å². The molecule has 1 rings (SSSR count). The Morgan fingerprint density at radius 1 is 1.07 bits per heavy atom. The summed E-state index contributed by atoms with van der Waals surface area (Å²) in [6, 6.07) is 10.4. The molecular weight excluding hydrogens is 176 g/mol. The zero-order valence-electron chi connectivity index (χ0n) is 8.32. The van der Waals surface area contributed by atoms with Crippen LogP contribution in [0.2, 0.25) is 0 Å². The van der Waals surface area contributed by atoms with E-state index >= 15 is 0 Å². The van der Waals surface area contributed by atoms with E-state index in [1.54, 1.807) is 0 Å². The lowest BCUT2D eigenvalue weighted by Gasteiger charge is -2.00. The van der Waals surface area contributed by atoms with Gasteiger partial charge in [0, 0.05) is 0 Å². The van der Waals surface area contributed by atoms with Gasteiger partial charge in [-0.2, -0.15) is 0 Å². The van der Waals surface area contributed by atoms with Crippen LogP contribution in [0.3, 0.4) is 0 Å². The highest BCUT2D eigenvalue weighted by Crippen LogP contribution is 2.05. The summed E-state index contributed by atoms with van der Waals surface area (Å²) >= 11 is 0. The highest BCUT2D eigenvalue weighted by atomic mass is 16.5. The van der Waals surface area contributed by atoms with Gasteiger partial charge in [-0.25, -0.2) is 0 Å².